The third-order valence-corrected chi connectivity index (χ3v) is 2.50. The Balaban J connectivity index is 2.94. The van der Waals surface area contributed by atoms with E-state index in [2.05, 4.69) is 20.9 Å². The second-order valence-electron chi connectivity index (χ2n) is 4.46. The lowest BCUT2D eigenvalue weighted by molar-refractivity contribution is 0.0883. The zero-order chi connectivity index (χ0) is 12.3. The summed E-state index contributed by atoms with van der Waals surface area (Å²) in [5.41, 5.74) is -0.0583. The van der Waals surface area contributed by atoms with E-state index in [9.17, 15) is 10.2 Å². The number of halogens is 1. The van der Waals surface area contributed by atoms with Crippen LogP contribution in [0.5, 0.6) is 0 Å². The smallest absolute Gasteiger partial charge is 0.133 e. The van der Waals surface area contributed by atoms with Crippen molar-refractivity contribution in [3.63, 3.8) is 0 Å². The van der Waals surface area contributed by atoms with Gasteiger partial charge in [-0.15, -0.1) is 0 Å². The summed E-state index contributed by atoms with van der Waals surface area (Å²) >= 11 is 3.31. The van der Waals surface area contributed by atoms with Gasteiger partial charge < -0.3 is 15.1 Å². The van der Waals surface area contributed by atoms with E-state index in [1.54, 1.807) is 20.0 Å². The number of anilines is 1. The summed E-state index contributed by atoms with van der Waals surface area (Å²) in [5, 5.41) is 19.0. The number of aromatic nitrogens is 1. The van der Waals surface area contributed by atoms with Gasteiger partial charge in [0.05, 0.1) is 12.2 Å². The molecule has 1 aromatic rings. The Hall–Kier alpha value is -0.650. The molecule has 90 valence electrons. The molecule has 0 aliphatic heterocycles. The normalized spacial score (nSPS) is 11.6. The standard InChI is InChI=1S/C11H17BrN2O2/c1-11(2,16)7-14(3)10-8(6-15)4-9(12)5-13-10/h4-5,15-16H,6-7H2,1-3H3. The molecule has 0 saturated heterocycles. The summed E-state index contributed by atoms with van der Waals surface area (Å²) in [6, 6.07) is 1.82. The molecule has 0 aliphatic rings. The Morgan fingerprint density at radius 2 is 2.12 bits per heavy atom. The van der Waals surface area contributed by atoms with Crippen molar-refractivity contribution < 1.29 is 10.2 Å². The molecule has 0 atom stereocenters. The van der Waals surface area contributed by atoms with Gasteiger partial charge in [0.15, 0.2) is 0 Å². The van der Waals surface area contributed by atoms with Crippen molar-refractivity contribution in [2.24, 2.45) is 0 Å². The van der Waals surface area contributed by atoms with Crippen LogP contribution in [0.2, 0.25) is 0 Å². The molecule has 16 heavy (non-hydrogen) atoms. The Bertz CT molecular complexity index is 363. The minimum Gasteiger partial charge on any atom is -0.392 e. The molecule has 0 bridgehead atoms. The highest BCUT2D eigenvalue weighted by Gasteiger charge is 2.18. The number of aliphatic hydroxyl groups excluding tert-OH is 1. The molecule has 0 amide bonds. The van der Waals surface area contributed by atoms with Crippen LogP contribution in [0.1, 0.15) is 19.4 Å². The highest BCUT2D eigenvalue weighted by molar-refractivity contribution is 9.10. The largest absolute Gasteiger partial charge is 0.392 e. The zero-order valence-corrected chi connectivity index (χ0v) is 11.3. The fourth-order valence-electron chi connectivity index (χ4n) is 1.59. The molecule has 0 fully saturated rings. The fourth-order valence-corrected chi connectivity index (χ4v) is 1.97. The maximum Gasteiger partial charge on any atom is 0.133 e. The molecule has 1 aromatic heterocycles. The maximum absolute atomic E-state index is 9.73. The summed E-state index contributed by atoms with van der Waals surface area (Å²) in [7, 11) is 1.84. The monoisotopic (exact) mass is 288 g/mol. The first kappa shape index (κ1) is 13.4. The third-order valence-electron chi connectivity index (χ3n) is 2.07. The Kier molecular flexibility index (Phi) is 4.29. The first-order chi connectivity index (χ1) is 7.33. The predicted molar refractivity (Wildman–Crippen MR) is 67.4 cm³/mol. The minimum absolute atomic E-state index is 0.0715. The van der Waals surface area contributed by atoms with E-state index in [-0.39, 0.29) is 6.61 Å². The summed E-state index contributed by atoms with van der Waals surface area (Å²) in [4.78, 5) is 6.07. The molecule has 0 spiro atoms. The van der Waals surface area contributed by atoms with Gasteiger partial charge in [-0.05, 0) is 35.8 Å². The molecular weight excluding hydrogens is 272 g/mol. The van der Waals surface area contributed by atoms with Crippen molar-refractivity contribution in [1.29, 1.82) is 0 Å². The van der Waals surface area contributed by atoms with Gasteiger partial charge in [-0.1, -0.05) is 0 Å². The molecule has 0 aliphatic carbocycles. The van der Waals surface area contributed by atoms with Crippen LogP contribution in [0.3, 0.4) is 0 Å². The summed E-state index contributed by atoms with van der Waals surface area (Å²) in [6.07, 6.45) is 1.68. The zero-order valence-electron chi connectivity index (χ0n) is 9.74. The second-order valence-corrected chi connectivity index (χ2v) is 5.38. The lowest BCUT2D eigenvalue weighted by Gasteiger charge is -2.27. The number of pyridine rings is 1. The molecule has 0 radical (unpaired) electrons. The number of aliphatic hydroxyl groups is 2. The van der Waals surface area contributed by atoms with Gasteiger partial charge in [0, 0.05) is 29.8 Å². The molecule has 0 saturated carbocycles. The quantitative estimate of drug-likeness (QED) is 0.883. The van der Waals surface area contributed by atoms with E-state index >= 15 is 0 Å². The highest BCUT2D eigenvalue weighted by atomic mass is 79.9. The first-order valence-electron chi connectivity index (χ1n) is 5.02. The van der Waals surface area contributed by atoms with E-state index in [1.165, 1.54) is 0 Å². The molecule has 5 heteroatoms. The third kappa shape index (κ3) is 3.73. The maximum atomic E-state index is 9.73. The predicted octanol–water partition coefficient (Wildman–Crippen LogP) is 1.54. The molecule has 1 heterocycles. The van der Waals surface area contributed by atoms with Crippen LogP contribution in [0, 0.1) is 0 Å². The van der Waals surface area contributed by atoms with Crippen LogP contribution < -0.4 is 4.90 Å². The molecule has 0 aromatic carbocycles. The van der Waals surface area contributed by atoms with Crippen molar-refractivity contribution in [3.05, 3.63) is 22.3 Å². The van der Waals surface area contributed by atoms with Gasteiger partial charge in [-0.2, -0.15) is 0 Å². The number of likely N-dealkylation sites (N-methyl/N-ethyl adjacent to an activating group) is 1. The summed E-state index contributed by atoms with van der Waals surface area (Å²) < 4.78 is 0.831. The van der Waals surface area contributed by atoms with Gasteiger partial charge in [0.25, 0.3) is 0 Å². The van der Waals surface area contributed by atoms with E-state index in [1.807, 2.05) is 18.0 Å². The van der Waals surface area contributed by atoms with E-state index in [0.29, 0.717) is 12.4 Å². The van der Waals surface area contributed by atoms with Crippen LogP contribution in [0.4, 0.5) is 5.82 Å². The van der Waals surface area contributed by atoms with Gasteiger partial charge in [0.1, 0.15) is 5.82 Å². The van der Waals surface area contributed by atoms with Crippen LogP contribution in [-0.2, 0) is 6.61 Å². The van der Waals surface area contributed by atoms with Crippen molar-refractivity contribution >= 4 is 21.7 Å². The van der Waals surface area contributed by atoms with Crippen molar-refractivity contribution in [2.45, 2.75) is 26.1 Å². The number of rotatable bonds is 4. The van der Waals surface area contributed by atoms with Crippen LogP contribution in [-0.4, -0.2) is 34.4 Å². The second kappa shape index (κ2) is 5.12. The molecule has 4 nitrogen and oxygen atoms in total. The summed E-state index contributed by atoms with van der Waals surface area (Å²) in [5.74, 6) is 0.688. The van der Waals surface area contributed by atoms with E-state index < -0.39 is 5.60 Å². The van der Waals surface area contributed by atoms with Crippen molar-refractivity contribution in [3.8, 4) is 0 Å². The number of hydrogen-bond acceptors (Lipinski definition) is 4. The van der Waals surface area contributed by atoms with Crippen LogP contribution in [0.15, 0.2) is 16.7 Å². The van der Waals surface area contributed by atoms with Crippen LogP contribution >= 0.6 is 15.9 Å². The lowest BCUT2D eigenvalue weighted by Crippen LogP contribution is -2.37. The summed E-state index contributed by atoms with van der Waals surface area (Å²) in [6.45, 7) is 3.86. The fraction of sp³-hybridized carbons (Fsp3) is 0.545. The Morgan fingerprint density at radius 1 is 1.50 bits per heavy atom. The van der Waals surface area contributed by atoms with Gasteiger partial charge in [-0.3, -0.25) is 0 Å². The van der Waals surface area contributed by atoms with E-state index in [0.717, 1.165) is 10.0 Å². The van der Waals surface area contributed by atoms with E-state index in [4.69, 9.17) is 0 Å². The topological polar surface area (TPSA) is 56.6 Å². The number of hydrogen-bond donors (Lipinski definition) is 2. The Labute approximate surface area is 104 Å². The average molecular weight is 289 g/mol. The first-order valence-corrected chi connectivity index (χ1v) is 5.81. The van der Waals surface area contributed by atoms with Crippen molar-refractivity contribution in [1.82, 2.24) is 4.98 Å². The number of nitrogens with zero attached hydrogens (tertiary/aromatic N) is 2. The van der Waals surface area contributed by atoms with Crippen LogP contribution in [0.25, 0.3) is 0 Å². The van der Waals surface area contributed by atoms with Crippen molar-refractivity contribution in [2.75, 3.05) is 18.5 Å². The molecule has 0 unspecified atom stereocenters. The van der Waals surface area contributed by atoms with Gasteiger partial charge in [-0.25, -0.2) is 4.98 Å². The average Bonchev–Trinajstić information content (AvgIpc) is 2.14. The SMILES string of the molecule is CN(CC(C)(C)O)c1ncc(Br)cc1CO. The molecule has 2 N–H and O–H groups in total. The highest BCUT2D eigenvalue weighted by Crippen LogP contribution is 2.22. The minimum atomic E-state index is -0.795. The van der Waals surface area contributed by atoms with Gasteiger partial charge >= 0.3 is 0 Å². The molecular formula is C11H17BrN2O2. The van der Waals surface area contributed by atoms with Gasteiger partial charge in [0.2, 0.25) is 0 Å². The molecule has 1 rings (SSSR count). The lowest BCUT2D eigenvalue weighted by atomic mass is 10.1. The Morgan fingerprint density at radius 3 is 2.62 bits per heavy atom.